The van der Waals surface area contributed by atoms with Crippen LogP contribution in [-0.4, -0.2) is 0 Å². The standard InChI is InChI=1S/C13H8Br2F2O/c14-9-2-1-8(12(16)5-9)7-18-10-3-4-11(15)13(17)6-10/h1-6H,7H2. The van der Waals surface area contributed by atoms with Crippen molar-refractivity contribution in [3.63, 3.8) is 0 Å². The van der Waals surface area contributed by atoms with E-state index in [9.17, 15) is 8.78 Å². The van der Waals surface area contributed by atoms with Gasteiger partial charge in [-0.3, -0.25) is 0 Å². The Bertz CT molecular complexity index is 573. The molecule has 5 heteroatoms. The lowest BCUT2D eigenvalue weighted by Crippen LogP contribution is -1.98. The van der Waals surface area contributed by atoms with E-state index in [0.717, 1.165) is 0 Å². The van der Waals surface area contributed by atoms with Gasteiger partial charge < -0.3 is 4.74 Å². The molecule has 0 amide bonds. The number of halogens is 4. The second-order valence-corrected chi connectivity index (χ2v) is 5.37. The zero-order valence-electron chi connectivity index (χ0n) is 9.09. The van der Waals surface area contributed by atoms with Gasteiger partial charge in [0.1, 0.15) is 24.0 Å². The van der Waals surface area contributed by atoms with Gasteiger partial charge in [-0.15, -0.1) is 0 Å². The van der Waals surface area contributed by atoms with Crippen LogP contribution in [-0.2, 0) is 6.61 Å². The first-order chi connectivity index (χ1) is 8.56. The van der Waals surface area contributed by atoms with Gasteiger partial charge in [0, 0.05) is 16.1 Å². The molecule has 0 radical (unpaired) electrons. The maximum Gasteiger partial charge on any atom is 0.141 e. The predicted molar refractivity (Wildman–Crippen MR) is 72.5 cm³/mol. The van der Waals surface area contributed by atoms with E-state index in [1.807, 2.05) is 0 Å². The van der Waals surface area contributed by atoms with Crippen molar-refractivity contribution >= 4 is 31.9 Å². The topological polar surface area (TPSA) is 9.23 Å². The molecular weight excluding hydrogens is 370 g/mol. The van der Waals surface area contributed by atoms with Gasteiger partial charge in [-0.25, -0.2) is 8.78 Å². The van der Waals surface area contributed by atoms with Crippen molar-refractivity contribution in [2.75, 3.05) is 0 Å². The molecule has 0 saturated carbocycles. The Morgan fingerprint density at radius 2 is 1.72 bits per heavy atom. The molecule has 0 unspecified atom stereocenters. The van der Waals surface area contributed by atoms with Crippen molar-refractivity contribution in [2.45, 2.75) is 6.61 Å². The second-order valence-electron chi connectivity index (χ2n) is 3.60. The maximum absolute atomic E-state index is 13.5. The normalized spacial score (nSPS) is 10.4. The van der Waals surface area contributed by atoms with Crippen LogP contribution >= 0.6 is 31.9 Å². The van der Waals surface area contributed by atoms with Gasteiger partial charge in [0.05, 0.1) is 4.47 Å². The quantitative estimate of drug-likeness (QED) is 0.725. The van der Waals surface area contributed by atoms with Crippen molar-refractivity contribution in [3.05, 3.63) is 62.5 Å². The molecule has 0 aliphatic carbocycles. The van der Waals surface area contributed by atoms with Crippen molar-refractivity contribution in [1.29, 1.82) is 0 Å². The molecule has 18 heavy (non-hydrogen) atoms. The predicted octanol–water partition coefficient (Wildman–Crippen LogP) is 5.07. The summed E-state index contributed by atoms with van der Waals surface area (Å²) in [6, 6.07) is 9.12. The molecule has 0 heterocycles. The van der Waals surface area contributed by atoms with Gasteiger partial charge in [0.25, 0.3) is 0 Å². The molecule has 2 rings (SSSR count). The molecule has 0 saturated heterocycles. The van der Waals surface area contributed by atoms with Crippen LogP contribution in [0.5, 0.6) is 5.75 Å². The van der Waals surface area contributed by atoms with Crippen LogP contribution in [0.25, 0.3) is 0 Å². The zero-order chi connectivity index (χ0) is 13.1. The van der Waals surface area contributed by atoms with Crippen LogP contribution in [0.4, 0.5) is 8.78 Å². The Morgan fingerprint density at radius 3 is 2.39 bits per heavy atom. The summed E-state index contributed by atoms with van der Waals surface area (Å²) in [6.07, 6.45) is 0. The Balaban J connectivity index is 2.09. The summed E-state index contributed by atoms with van der Waals surface area (Å²) in [6.45, 7) is 0.0557. The largest absolute Gasteiger partial charge is 0.489 e. The number of rotatable bonds is 3. The molecule has 0 fully saturated rings. The molecule has 94 valence electrons. The first-order valence-corrected chi connectivity index (χ1v) is 6.66. The highest BCUT2D eigenvalue weighted by atomic mass is 79.9. The van der Waals surface area contributed by atoms with Crippen LogP contribution in [0, 0.1) is 11.6 Å². The van der Waals surface area contributed by atoms with E-state index < -0.39 is 5.82 Å². The van der Waals surface area contributed by atoms with E-state index in [-0.39, 0.29) is 12.4 Å². The molecule has 2 aromatic carbocycles. The van der Waals surface area contributed by atoms with Crippen molar-refractivity contribution in [2.24, 2.45) is 0 Å². The molecule has 0 N–H and O–H groups in total. The third-order valence-electron chi connectivity index (χ3n) is 2.30. The Hall–Kier alpha value is -0.940. The number of hydrogen-bond acceptors (Lipinski definition) is 1. The zero-order valence-corrected chi connectivity index (χ0v) is 12.3. The Morgan fingerprint density at radius 1 is 0.944 bits per heavy atom. The number of hydrogen-bond donors (Lipinski definition) is 0. The third-order valence-corrected chi connectivity index (χ3v) is 3.44. The Labute approximate surface area is 120 Å². The monoisotopic (exact) mass is 376 g/mol. The van der Waals surface area contributed by atoms with Crippen LogP contribution in [0.2, 0.25) is 0 Å². The summed E-state index contributed by atoms with van der Waals surface area (Å²) in [5.41, 5.74) is 0.418. The van der Waals surface area contributed by atoms with E-state index in [1.165, 1.54) is 12.1 Å². The van der Waals surface area contributed by atoms with Gasteiger partial charge in [0.15, 0.2) is 0 Å². The van der Waals surface area contributed by atoms with E-state index in [0.29, 0.717) is 20.3 Å². The molecule has 2 aromatic rings. The van der Waals surface area contributed by atoms with Gasteiger partial charge in [-0.1, -0.05) is 22.0 Å². The summed E-state index contributed by atoms with van der Waals surface area (Å²) in [7, 11) is 0. The first kappa shape index (κ1) is 13.5. The third kappa shape index (κ3) is 3.29. The first-order valence-electron chi connectivity index (χ1n) is 5.08. The summed E-state index contributed by atoms with van der Waals surface area (Å²) >= 11 is 6.22. The molecule has 0 aliphatic rings. The average Bonchev–Trinajstić information content (AvgIpc) is 2.32. The van der Waals surface area contributed by atoms with Crippen LogP contribution in [0.1, 0.15) is 5.56 Å². The van der Waals surface area contributed by atoms with E-state index in [4.69, 9.17) is 4.74 Å². The fourth-order valence-electron chi connectivity index (χ4n) is 1.37. The smallest absolute Gasteiger partial charge is 0.141 e. The lowest BCUT2D eigenvalue weighted by Gasteiger charge is -2.08. The molecule has 0 bridgehead atoms. The lowest BCUT2D eigenvalue weighted by atomic mass is 10.2. The summed E-state index contributed by atoms with van der Waals surface area (Å²) in [5.74, 6) is -0.413. The summed E-state index contributed by atoms with van der Waals surface area (Å²) in [5, 5.41) is 0. The summed E-state index contributed by atoms with van der Waals surface area (Å²) in [4.78, 5) is 0. The van der Waals surface area contributed by atoms with E-state index >= 15 is 0 Å². The van der Waals surface area contributed by atoms with Gasteiger partial charge in [-0.05, 0) is 40.2 Å². The molecule has 0 atom stereocenters. The van der Waals surface area contributed by atoms with Crippen LogP contribution in [0.3, 0.4) is 0 Å². The molecule has 0 aliphatic heterocycles. The molecule has 0 aromatic heterocycles. The fraction of sp³-hybridized carbons (Fsp3) is 0.0769. The lowest BCUT2D eigenvalue weighted by molar-refractivity contribution is 0.298. The average molecular weight is 378 g/mol. The molecular formula is C13H8Br2F2O. The van der Waals surface area contributed by atoms with Gasteiger partial charge >= 0.3 is 0 Å². The molecule has 1 nitrogen and oxygen atoms in total. The van der Waals surface area contributed by atoms with E-state index in [2.05, 4.69) is 31.9 Å². The van der Waals surface area contributed by atoms with Crippen molar-refractivity contribution < 1.29 is 13.5 Å². The highest BCUT2D eigenvalue weighted by Crippen LogP contribution is 2.22. The minimum absolute atomic E-state index is 0.0557. The van der Waals surface area contributed by atoms with Gasteiger partial charge in [0.2, 0.25) is 0 Å². The van der Waals surface area contributed by atoms with Crippen LogP contribution in [0.15, 0.2) is 45.3 Å². The maximum atomic E-state index is 13.5. The highest BCUT2D eigenvalue weighted by molar-refractivity contribution is 9.10. The fourth-order valence-corrected chi connectivity index (χ4v) is 1.95. The Kier molecular flexibility index (Phi) is 4.35. The van der Waals surface area contributed by atoms with E-state index in [1.54, 1.807) is 24.3 Å². The number of ether oxygens (including phenoxy) is 1. The van der Waals surface area contributed by atoms with Crippen LogP contribution < -0.4 is 4.74 Å². The molecule has 0 spiro atoms. The van der Waals surface area contributed by atoms with Crippen molar-refractivity contribution in [1.82, 2.24) is 0 Å². The minimum atomic E-state index is -0.413. The number of benzene rings is 2. The highest BCUT2D eigenvalue weighted by Gasteiger charge is 2.05. The van der Waals surface area contributed by atoms with Gasteiger partial charge in [-0.2, -0.15) is 0 Å². The SMILES string of the molecule is Fc1cc(OCc2ccc(Br)cc2F)ccc1Br. The van der Waals surface area contributed by atoms with Crippen molar-refractivity contribution in [3.8, 4) is 5.75 Å². The second kappa shape index (κ2) is 5.80. The summed E-state index contributed by atoms with van der Waals surface area (Å²) < 4.78 is 33.1. The minimum Gasteiger partial charge on any atom is -0.489 e.